The maximum atomic E-state index is 13.1. The zero-order valence-electron chi connectivity index (χ0n) is 16.8. The van der Waals surface area contributed by atoms with Crippen molar-refractivity contribution in [3.63, 3.8) is 0 Å². The standard InChI is InChI=1S/C20H29N3O5/c1-26-16-7-6-15(17(27-2)18(16)28-3)20(25)23-11-9-22(10-12-23)19(24)14-5-4-8-21-13-14/h6-7,14,21H,4-5,8-13H2,1-3H3. The molecule has 2 fully saturated rings. The average Bonchev–Trinajstić information content (AvgIpc) is 2.77. The van der Waals surface area contributed by atoms with Crippen molar-refractivity contribution in [3.05, 3.63) is 17.7 Å². The second kappa shape index (κ2) is 9.14. The van der Waals surface area contributed by atoms with E-state index in [-0.39, 0.29) is 17.7 Å². The summed E-state index contributed by atoms with van der Waals surface area (Å²) in [4.78, 5) is 29.4. The molecule has 1 aromatic carbocycles. The van der Waals surface area contributed by atoms with E-state index < -0.39 is 0 Å². The van der Waals surface area contributed by atoms with Crippen molar-refractivity contribution in [2.75, 3.05) is 60.6 Å². The normalized spacial score (nSPS) is 19.9. The molecule has 1 atom stereocenters. The average molecular weight is 391 g/mol. The predicted octanol–water partition coefficient (Wildman–Crippen LogP) is 0.996. The van der Waals surface area contributed by atoms with Crippen LogP contribution in [0.15, 0.2) is 12.1 Å². The van der Waals surface area contributed by atoms with Crippen LogP contribution >= 0.6 is 0 Å². The Balaban J connectivity index is 1.67. The van der Waals surface area contributed by atoms with Gasteiger partial charge >= 0.3 is 0 Å². The lowest BCUT2D eigenvalue weighted by atomic mass is 9.98. The first kappa shape index (κ1) is 20.3. The Bertz CT molecular complexity index is 710. The predicted molar refractivity (Wildman–Crippen MR) is 104 cm³/mol. The summed E-state index contributed by atoms with van der Waals surface area (Å²) in [7, 11) is 4.55. The van der Waals surface area contributed by atoms with Crippen LogP contribution < -0.4 is 19.5 Å². The van der Waals surface area contributed by atoms with E-state index in [1.165, 1.54) is 21.3 Å². The number of piperazine rings is 1. The van der Waals surface area contributed by atoms with Gasteiger partial charge in [-0.15, -0.1) is 0 Å². The quantitative estimate of drug-likeness (QED) is 0.807. The molecule has 154 valence electrons. The molecule has 1 N–H and O–H groups in total. The van der Waals surface area contributed by atoms with Crippen molar-refractivity contribution < 1.29 is 23.8 Å². The number of hydrogen-bond acceptors (Lipinski definition) is 6. The monoisotopic (exact) mass is 391 g/mol. The van der Waals surface area contributed by atoms with Crippen LogP contribution in [0, 0.1) is 5.92 Å². The van der Waals surface area contributed by atoms with Gasteiger partial charge in [-0.25, -0.2) is 0 Å². The largest absolute Gasteiger partial charge is 0.493 e. The molecule has 0 spiro atoms. The molecule has 1 aromatic rings. The molecular weight excluding hydrogens is 362 g/mol. The topological polar surface area (TPSA) is 80.3 Å². The number of benzene rings is 1. The van der Waals surface area contributed by atoms with Crippen LogP contribution in [-0.4, -0.2) is 82.2 Å². The molecule has 2 amide bonds. The van der Waals surface area contributed by atoms with Crippen molar-refractivity contribution in [2.45, 2.75) is 12.8 Å². The van der Waals surface area contributed by atoms with Crippen LogP contribution in [0.5, 0.6) is 17.2 Å². The highest BCUT2D eigenvalue weighted by Gasteiger charge is 2.31. The third-order valence-corrected chi connectivity index (χ3v) is 5.46. The van der Waals surface area contributed by atoms with Gasteiger partial charge in [0.1, 0.15) is 0 Å². The van der Waals surface area contributed by atoms with E-state index in [9.17, 15) is 9.59 Å². The highest BCUT2D eigenvalue weighted by Crippen LogP contribution is 2.40. The number of amides is 2. The van der Waals surface area contributed by atoms with Crippen LogP contribution in [0.3, 0.4) is 0 Å². The summed E-state index contributed by atoms with van der Waals surface area (Å²) >= 11 is 0. The van der Waals surface area contributed by atoms with Crippen molar-refractivity contribution in [2.24, 2.45) is 5.92 Å². The van der Waals surface area contributed by atoms with Gasteiger partial charge in [-0.2, -0.15) is 0 Å². The van der Waals surface area contributed by atoms with Crippen molar-refractivity contribution >= 4 is 11.8 Å². The van der Waals surface area contributed by atoms with Gasteiger partial charge in [-0.1, -0.05) is 0 Å². The fraction of sp³-hybridized carbons (Fsp3) is 0.600. The Morgan fingerprint density at radius 3 is 2.21 bits per heavy atom. The number of carbonyl (C=O) groups excluding carboxylic acids is 2. The Labute approximate surface area is 165 Å². The summed E-state index contributed by atoms with van der Waals surface area (Å²) in [6, 6.07) is 3.39. The Kier molecular flexibility index (Phi) is 6.61. The zero-order chi connectivity index (χ0) is 20.1. The zero-order valence-corrected chi connectivity index (χ0v) is 16.8. The molecule has 0 radical (unpaired) electrons. The Morgan fingerprint density at radius 1 is 0.964 bits per heavy atom. The Morgan fingerprint density at radius 2 is 1.64 bits per heavy atom. The maximum absolute atomic E-state index is 13.1. The van der Waals surface area contributed by atoms with Crippen molar-refractivity contribution in [1.82, 2.24) is 15.1 Å². The second-order valence-corrected chi connectivity index (χ2v) is 7.04. The van der Waals surface area contributed by atoms with Crippen LogP contribution in [0.2, 0.25) is 0 Å². The number of ether oxygens (including phenoxy) is 3. The van der Waals surface area contributed by atoms with E-state index in [4.69, 9.17) is 14.2 Å². The molecule has 0 aromatic heterocycles. The number of hydrogen-bond donors (Lipinski definition) is 1. The minimum atomic E-state index is -0.135. The summed E-state index contributed by atoms with van der Waals surface area (Å²) in [5, 5.41) is 3.29. The molecule has 0 aliphatic carbocycles. The first-order valence-corrected chi connectivity index (χ1v) is 9.68. The van der Waals surface area contributed by atoms with Gasteiger partial charge in [-0.05, 0) is 31.5 Å². The lowest BCUT2D eigenvalue weighted by molar-refractivity contribution is -0.137. The number of nitrogens with zero attached hydrogens (tertiary/aromatic N) is 2. The van der Waals surface area contributed by atoms with Crippen LogP contribution in [-0.2, 0) is 4.79 Å². The first-order chi connectivity index (χ1) is 13.6. The van der Waals surface area contributed by atoms with Gasteiger partial charge in [0.2, 0.25) is 11.7 Å². The number of nitrogens with one attached hydrogen (secondary N) is 1. The number of piperidine rings is 1. The van der Waals surface area contributed by atoms with Crippen molar-refractivity contribution in [1.29, 1.82) is 0 Å². The number of methoxy groups -OCH3 is 3. The van der Waals surface area contributed by atoms with E-state index in [1.54, 1.807) is 17.0 Å². The van der Waals surface area contributed by atoms with Gasteiger partial charge < -0.3 is 29.3 Å². The van der Waals surface area contributed by atoms with Crippen LogP contribution in [0.1, 0.15) is 23.2 Å². The number of rotatable bonds is 5. The van der Waals surface area contributed by atoms with Crippen LogP contribution in [0.25, 0.3) is 0 Å². The smallest absolute Gasteiger partial charge is 0.257 e. The molecule has 2 saturated heterocycles. The highest BCUT2D eigenvalue weighted by molar-refractivity contribution is 5.98. The molecule has 8 heteroatoms. The van der Waals surface area contributed by atoms with E-state index in [2.05, 4.69) is 5.32 Å². The molecule has 28 heavy (non-hydrogen) atoms. The fourth-order valence-electron chi connectivity index (χ4n) is 3.89. The third-order valence-electron chi connectivity index (χ3n) is 5.46. The van der Waals surface area contributed by atoms with E-state index in [0.717, 1.165) is 25.9 Å². The lowest BCUT2D eigenvalue weighted by Gasteiger charge is -2.37. The maximum Gasteiger partial charge on any atom is 0.257 e. The summed E-state index contributed by atoms with van der Waals surface area (Å²) < 4.78 is 16.1. The molecular formula is C20H29N3O5. The minimum absolute atomic E-state index is 0.0574. The number of carbonyl (C=O) groups is 2. The summed E-state index contributed by atoms with van der Waals surface area (Å²) in [5.74, 6) is 1.38. The molecule has 2 aliphatic rings. The molecule has 2 aliphatic heterocycles. The van der Waals surface area contributed by atoms with Crippen molar-refractivity contribution in [3.8, 4) is 17.2 Å². The SMILES string of the molecule is COc1ccc(C(=O)N2CCN(C(=O)C3CCCNC3)CC2)c(OC)c1OC. The summed E-state index contributed by atoms with van der Waals surface area (Å²) in [5.41, 5.74) is 0.427. The van der Waals surface area contributed by atoms with E-state index in [1.807, 2.05) is 4.90 Å². The Hall–Kier alpha value is -2.48. The van der Waals surface area contributed by atoms with Crippen LogP contribution in [0.4, 0.5) is 0 Å². The van der Waals surface area contributed by atoms with Gasteiger partial charge in [0.05, 0.1) is 32.8 Å². The molecule has 8 nitrogen and oxygen atoms in total. The first-order valence-electron chi connectivity index (χ1n) is 9.68. The molecule has 2 heterocycles. The molecule has 3 rings (SSSR count). The summed E-state index contributed by atoms with van der Waals surface area (Å²) in [6.45, 7) is 3.85. The molecule has 0 bridgehead atoms. The van der Waals surface area contributed by atoms with Gasteiger partial charge in [0.15, 0.2) is 11.5 Å². The second-order valence-electron chi connectivity index (χ2n) is 7.04. The fourth-order valence-corrected chi connectivity index (χ4v) is 3.89. The lowest BCUT2D eigenvalue weighted by Crippen LogP contribution is -2.53. The highest BCUT2D eigenvalue weighted by atomic mass is 16.5. The van der Waals surface area contributed by atoms with E-state index >= 15 is 0 Å². The third kappa shape index (κ3) is 4.01. The summed E-state index contributed by atoms with van der Waals surface area (Å²) in [6.07, 6.45) is 1.97. The van der Waals surface area contributed by atoms with Gasteiger partial charge in [0, 0.05) is 32.7 Å². The minimum Gasteiger partial charge on any atom is -0.493 e. The molecule has 1 unspecified atom stereocenters. The van der Waals surface area contributed by atoms with Gasteiger partial charge in [-0.3, -0.25) is 9.59 Å². The van der Waals surface area contributed by atoms with Gasteiger partial charge in [0.25, 0.3) is 5.91 Å². The van der Waals surface area contributed by atoms with E-state index in [0.29, 0.717) is 49.0 Å². The molecule has 0 saturated carbocycles.